The number of benzene rings is 1. The monoisotopic (exact) mass is 303 g/mol. The molecule has 0 amide bonds. The Kier molecular flexibility index (Phi) is 3.33. The van der Waals surface area contributed by atoms with E-state index < -0.39 is 5.95 Å². The molecule has 4 nitrogen and oxygen atoms in total. The van der Waals surface area contributed by atoms with E-state index in [1.165, 1.54) is 11.8 Å². The molecule has 0 atom stereocenters. The maximum Gasteiger partial charge on any atom is 0.216 e. The molecular formula is C15H14FN3OS. The summed E-state index contributed by atoms with van der Waals surface area (Å²) in [5.41, 5.74) is 2.29. The molecule has 2 heterocycles. The fourth-order valence-corrected chi connectivity index (χ4v) is 3.28. The standard InChI is InChI=1S/C15H14FN3OS/c1-8-14(7-13(9(2)20)19(8)3)21-10-4-5-12-11(6-10)15(16)18-17-12/h4-7H,1-3H3,(H,17,18). The van der Waals surface area contributed by atoms with Gasteiger partial charge in [0.05, 0.1) is 16.6 Å². The van der Waals surface area contributed by atoms with Gasteiger partial charge >= 0.3 is 0 Å². The summed E-state index contributed by atoms with van der Waals surface area (Å²) in [6, 6.07) is 7.31. The molecule has 0 aliphatic heterocycles. The zero-order chi connectivity index (χ0) is 15.1. The molecule has 0 saturated heterocycles. The summed E-state index contributed by atoms with van der Waals surface area (Å²) in [6.07, 6.45) is 0. The summed E-state index contributed by atoms with van der Waals surface area (Å²) in [5.74, 6) is -0.398. The van der Waals surface area contributed by atoms with E-state index in [1.807, 2.05) is 30.7 Å². The number of halogens is 1. The SMILES string of the molecule is CC(=O)c1cc(Sc2ccc3n[nH]c(F)c3c2)c(C)n1C. The zero-order valence-corrected chi connectivity index (χ0v) is 12.7. The number of Topliss-reactive ketones (excluding diaryl/α,β-unsaturated/α-hetero) is 1. The van der Waals surface area contributed by atoms with Gasteiger partial charge in [-0.05, 0) is 31.2 Å². The van der Waals surface area contributed by atoms with E-state index in [0.717, 1.165) is 15.5 Å². The molecule has 0 radical (unpaired) electrons. The summed E-state index contributed by atoms with van der Waals surface area (Å²) < 4.78 is 15.4. The second-order valence-electron chi connectivity index (χ2n) is 4.91. The number of rotatable bonds is 3. The molecule has 0 aliphatic carbocycles. The van der Waals surface area contributed by atoms with Gasteiger partial charge in [0.2, 0.25) is 5.95 Å². The quantitative estimate of drug-likeness (QED) is 0.751. The van der Waals surface area contributed by atoms with Crippen molar-refractivity contribution in [2.45, 2.75) is 23.6 Å². The fraction of sp³-hybridized carbons (Fsp3) is 0.200. The van der Waals surface area contributed by atoms with Crippen LogP contribution in [0.4, 0.5) is 4.39 Å². The maximum absolute atomic E-state index is 13.5. The van der Waals surface area contributed by atoms with E-state index in [-0.39, 0.29) is 5.78 Å². The van der Waals surface area contributed by atoms with E-state index in [4.69, 9.17) is 0 Å². The topological polar surface area (TPSA) is 50.7 Å². The molecule has 6 heteroatoms. The molecular weight excluding hydrogens is 289 g/mol. The lowest BCUT2D eigenvalue weighted by Gasteiger charge is -2.03. The van der Waals surface area contributed by atoms with Crippen LogP contribution in [0.25, 0.3) is 10.9 Å². The van der Waals surface area contributed by atoms with Gasteiger partial charge in [0.15, 0.2) is 5.78 Å². The Morgan fingerprint density at radius 2 is 2.14 bits per heavy atom. The number of carbonyl (C=O) groups excluding carboxylic acids is 1. The summed E-state index contributed by atoms with van der Waals surface area (Å²) in [4.78, 5) is 13.5. The van der Waals surface area contributed by atoms with Gasteiger partial charge in [0.25, 0.3) is 0 Å². The van der Waals surface area contributed by atoms with Gasteiger partial charge in [-0.3, -0.25) is 9.89 Å². The van der Waals surface area contributed by atoms with Crippen molar-refractivity contribution in [2.75, 3.05) is 0 Å². The van der Waals surface area contributed by atoms with Crippen molar-refractivity contribution in [1.29, 1.82) is 0 Å². The van der Waals surface area contributed by atoms with Crippen LogP contribution < -0.4 is 0 Å². The molecule has 1 aromatic carbocycles. The number of aromatic nitrogens is 3. The Balaban J connectivity index is 2.00. The van der Waals surface area contributed by atoms with Crippen LogP contribution >= 0.6 is 11.8 Å². The highest BCUT2D eigenvalue weighted by Gasteiger charge is 2.14. The van der Waals surface area contributed by atoms with Crippen LogP contribution in [0.3, 0.4) is 0 Å². The minimum absolute atomic E-state index is 0.0313. The number of hydrogen-bond acceptors (Lipinski definition) is 3. The average Bonchev–Trinajstić information content (AvgIpc) is 2.95. The van der Waals surface area contributed by atoms with Gasteiger partial charge in [-0.2, -0.15) is 9.49 Å². The molecule has 0 spiro atoms. The lowest BCUT2D eigenvalue weighted by molar-refractivity contribution is 0.101. The highest BCUT2D eigenvalue weighted by atomic mass is 32.2. The third-order valence-electron chi connectivity index (χ3n) is 3.56. The van der Waals surface area contributed by atoms with Gasteiger partial charge in [-0.1, -0.05) is 11.8 Å². The molecule has 2 aromatic heterocycles. The number of nitrogens with zero attached hydrogens (tertiary/aromatic N) is 2. The van der Waals surface area contributed by atoms with E-state index in [1.54, 1.807) is 19.1 Å². The molecule has 0 saturated carbocycles. The molecule has 0 fully saturated rings. The highest BCUT2D eigenvalue weighted by molar-refractivity contribution is 7.99. The Bertz CT molecular complexity index is 850. The first-order valence-corrected chi connectivity index (χ1v) is 7.27. The van der Waals surface area contributed by atoms with Crippen LogP contribution in [-0.4, -0.2) is 20.5 Å². The number of ketones is 1. The Morgan fingerprint density at radius 3 is 2.81 bits per heavy atom. The van der Waals surface area contributed by atoms with Crippen LogP contribution in [0.15, 0.2) is 34.1 Å². The van der Waals surface area contributed by atoms with Gasteiger partial charge in [-0.15, -0.1) is 0 Å². The minimum Gasteiger partial charge on any atom is -0.344 e. The summed E-state index contributed by atoms with van der Waals surface area (Å²) in [6.45, 7) is 3.52. The highest BCUT2D eigenvalue weighted by Crippen LogP contribution is 2.34. The van der Waals surface area contributed by atoms with Gasteiger partial charge in [-0.25, -0.2) is 0 Å². The Morgan fingerprint density at radius 1 is 1.38 bits per heavy atom. The molecule has 0 bridgehead atoms. The summed E-state index contributed by atoms with van der Waals surface area (Å²) in [7, 11) is 1.87. The fourth-order valence-electron chi connectivity index (χ4n) is 2.26. The first-order valence-electron chi connectivity index (χ1n) is 6.46. The largest absolute Gasteiger partial charge is 0.344 e. The molecule has 0 aliphatic rings. The molecule has 3 aromatic rings. The van der Waals surface area contributed by atoms with E-state index in [0.29, 0.717) is 16.6 Å². The number of nitrogens with one attached hydrogen (secondary N) is 1. The summed E-state index contributed by atoms with van der Waals surface area (Å²) in [5, 5.41) is 6.67. The molecule has 21 heavy (non-hydrogen) atoms. The van der Waals surface area contributed by atoms with Gasteiger partial charge in [0, 0.05) is 29.5 Å². The van der Waals surface area contributed by atoms with E-state index >= 15 is 0 Å². The second kappa shape index (κ2) is 5.04. The van der Waals surface area contributed by atoms with Gasteiger partial charge < -0.3 is 4.57 Å². The first-order chi connectivity index (χ1) is 9.97. The molecule has 108 valence electrons. The van der Waals surface area contributed by atoms with Crippen LogP contribution in [0.5, 0.6) is 0 Å². The van der Waals surface area contributed by atoms with Crippen molar-refractivity contribution in [3.63, 3.8) is 0 Å². The van der Waals surface area contributed by atoms with Crippen molar-refractivity contribution in [3.05, 3.63) is 41.6 Å². The van der Waals surface area contributed by atoms with Crippen LogP contribution in [0.1, 0.15) is 23.1 Å². The lowest BCUT2D eigenvalue weighted by Crippen LogP contribution is -2.02. The Labute approximate surface area is 125 Å². The number of H-pyrrole nitrogens is 1. The first kappa shape index (κ1) is 13.9. The van der Waals surface area contributed by atoms with Crippen molar-refractivity contribution in [3.8, 4) is 0 Å². The summed E-state index contributed by atoms with van der Waals surface area (Å²) >= 11 is 1.51. The predicted octanol–water partition coefficient (Wildman–Crippen LogP) is 3.70. The van der Waals surface area contributed by atoms with Crippen LogP contribution in [0, 0.1) is 12.9 Å². The number of aromatic amines is 1. The van der Waals surface area contributed by atoms with E-state index in [2.05, 4.69) is 10.2 Å². The third-order valence-corrected chi connectivity index (χ3v) is 4.68. The molecule has 3 rings (SSSR count). The lowest BCUT2D eigenvalue weighted by atomic mass is 10.2. The van der Waals surface area contributed by atoms with Crippen molar-refractivity contribution < 1.29 is 9.18 Å². The number of carbonyl (C=O) groups is 1. The van der Waals surface area contributed by atoms with Gasteiger partial charge in [0.1, 0.15) is 0 Å². The number of hydrogen-bond donors (Lipinski definition) is 1. The average molecular weight is 303 g/mol. The number of fused-ring (bicyclic) bond motifs is 1. The smallest absolute Gasteiger partial charge is 0.216 e. The third kappa shape index (κ3) is 2.35. The van der Waals surface area contributed by atoms with Crippen LogP contribution in [0.2, 0.25) is 0 Å². The normalized spacial score (nSPS) is 11.2. The van der Waals surface area contributed by atoms with Crippen molar-refractivity contribution >= 4 is 28.4 Å². The van der Waals surface area contributed by atoms with Crippen molar-refractivity contribution in [2.24, 2.45) is 7.05 Å². The Hall–Kier alpha value is -2.08. The minimum atomic E-state index is -0.429. The maximum atomic E-state index is 13.5. The zero-order valence-electron chi connectivity index (χ0n) is 11.9. The second-order valence-corrected chi connectivity index (χ2v) is 6.03. The molecule has 0 unspecified atom stereocenters. The van der Waals surface area contributed by atoms with Crippen LogP contribution in [-0.2, 0) is 7.05 Å². The van der Waals surface area contributed by atoms with Crippen molar-refractivity contribution in [1.82, 2.24) is 14.8 Å². The predicted molar refractivity (Wildman–Crippen MR) is 80.3 cm³/mol. The van der Waals surface area contributed by atoms with E-state index in [9.17, 15) is 9.18 Å². The molecule has 1 N–H and O–H groups in total.